The first-order chi connectivity index (χ1) is 13.1. The van der Waals surface area contributed by atoms with Crippen LogP contribution in [0.25, 0.3) is 0 Å². The fourth-order valence-corrected chi connectivity index (χ4v) is 6.08. The van der Waals surface area contributed by atoms with E-state index in [1.165, 1.54) is 5.69 Å². The van der Waals surface area contributed by atoms with Gasteiger partial charge in [0.05, 0.1) is 12.2 Å². The Balaban J connectivity index is 2.35. The van der Waals surface area contributed by atoms with Gasteiger partial charge in [0.2, 0.25) is 0 Å². The zero-order chi connectivity index (χ0) is 22.3. The van der Waals surface area contributed by atoms with E-state index in [4.69, 9.17) is 8.85 Å². The van der Waals surface area contributed by atoms with Gasteiger partial charge in [-0.1, -0.05) is 48.5 Å². The van der Waals surface area contributed by atoms with Gasteiger partial charge in [-0.25, -0.2) is 0 Å². The van der Waals surface area contributed by atoms with Crippen molar-refractivity contribution in [3.63, 3.8) is 0 Å². The van der Waals surface area contributed by atoms with Crippen molar-refractivity contribution >= 4 is 22.3 Å². The monoisotopic (exact) mass is 436 g/mol. The molecule has 0 unspecified atom stereocenters. The van der Waals surface area contributed by atoms with Crippen molar-refractivity contribution < 1.29 is 8.85 Å². The van der Waals surface area contributed by atoms with Crippen molar-refractivity contribution in [2.75, 3.05) is 18.0 Å². The number of hydrogen-bond donors (Lipinski definition) is 0. The van der Waals surface area contributed by atoms with E-state index in [0.29, 0.717) is 5.92 Å². The minimum absolute atomic E-state index is 0.0851. The summed E-state index contributed by atoms with van der Waals surface area (Å²) in [6, 6.07) is 4.20. The summed E-state index contributed by atoms with van der Waals surface area (Å²) in [6.07, 6.45) is 3.98. The fourth-order valence-electron chi connectivity index (χ4n) is 3.35. The quantitative estimate of drug-likeness (QED) is 0.506. The van der Waals surface area contributed by atoms with Gasteiger partial charge < -0.3 is 13.8 Å². The Morgan fingerprint density at radius 3 is 1.83 bits per heavy atom. The molecule has 6 heteroatoms. The molecular formula is C23H44N2O2Si2. The molecule has 0 spiro atoms. The summed E-state index contributed by atoms with van der Waals surface area (Å²) in [5, 5.41) is 0.368. The highest BCUT2D eigenvalue weighted by Crippen LogP contribution is 2.42. The Bertz CT molecular complexity index is 666. The van der Waals surface area contributed by atoms with Gasteiger partial charge in [0, 0.05) is 37.1 Å². The SMILES string of the molecule is C[C@H]1CN(c2ccncc2)C[C@@H](O[Si](C)(C)C(C)(C)C)[C@@H]1O[Si](C)(C)C(C)(C)C. The molecule has 0 saturated carbocycles. The molecule has 0 aliphatic carbocycles. The van der Waals surface area contributed by atoms with Crippen LogP contribution >= 0.6 is 0 Å². The Morgan fingerprint density at radius 1 is 0.862 bits per heavy atom. The van der Waals surface area contributed by atoms with Gasteiger partial charge in [-0.2, -0.15) is 0 Å². The van der Waals surface area contributed by atoms with Crippen molar-refractivity contribution in [2.45, 2.75) is 96.9 Å². The molecular weight excluding hydrogens is 392 g/mol. The van der Waals surface area contributed by atoms with Crippen LogP contribution in [0.3, 0.4) is 0 Å². The first-order valence-corrected chi connectivity index (χ1v) is 16.9. The second-order valence-electron chi connectivity index (χ2n) is 11.8. The molecule has 2 rings (SSSR count). The summed E-state index contributed by atoms with van der Waals surface area (Å²) in [4.78, 5) is 6.64. The number of pyridine rings is 1. The molecule has 0 amide bonds. The molecule has 4 nitrogen and oxygen atoms in total. The lowest BCUT2D eigenvalue weighted by atomic mass is 9.94. The third-order valence-corrected chi connectivity index (χ3v) is 16.3. The van der Waals surface area contributed by atoms with Crippen LogP contribution in [0.1, 0.15) is 48.5 Å². The molecule has 1 aromatic rings. The van der Waals surface area contributed by atoms with E-state index in [0.717, 1.165) is 13.1 Å². The molecule has 3 atom stereocenters. The molecule has 2 heterocycles. The minimum Gasteiger partial charge on any atom is -0.411 e. The van der Waals surface area contributed by atoms with Crippen LogP contribution < -0.4 is 4.90 Å². The lowest BCUT2D eigenvalue weighted by Crippen LogP contribution is -2.61. The number of aromatic nitrogens is 1. The summed E-state index contributed by atoms with van der Waals surface area (Å²) >= 11 is 0. The van der Waals surface area contributed by atoms with Crippen molar-refractivity contribution in [3.8, 4) is 0 Å². The Labute approximate surface area is 181 Å². The van der Waals surface area contributed by atoms with Crippen LogP contribution in [0.4, 0.5) is 5.69 Å². The van der Waals surface area contributed by atoms with Gasteiger partial charge in [-0.05, 0) is 48.4 Å². The molecule has 1 aliphatic rings. The third-order valence-electron chi connectivity index (χ3n) is 7.35. The largest absolute Gasteiger partial charge is 0.411 e. The molecule has 1 aliphatic heterocycles. The average Bonchev–Trinajstić information content (AvgIpc) is 2.56. The lowest BCUT2D eigenvalue weighted by molar-refractivity contribution is -0.00597. The molecule has 166 valence electrons. The second-order valence-corrected chi connectivity index (χ2v) is 21.4. The Morgan fingerprint density at radius 2 is 1.34 bits per heavy atom. The van der Waals surface area contributed by atoms with E-state index in [2.05, 4.69) is 96.7 Å². The number of hydrogen-bond acceptors (Lipinski definition) is 4. The summed E-state index contributed by atoms with van der Waals surface area (Å²) in [5.74, 6) is 0.404. The zero-order valence-electron chi connectivity index (χ0n) is 20.7. The van der Waals surface area contributed by atoms with Crippen molar-refractivity contribution in [2.24, 2.45) is 5.92 Å². The summed E-state index contributed by atoms with van der Waals surface area (Å²) < 4.78 is 14.0. The van der Waals surface area contributed by atoms with Crippen LogP contribution in [0.2, 0.25) is 36.3 Å². The normalized spacial score (nSPS) is 24.7. The summed E-state index contributed by atoms with van der Waals surface area (Å²) in [7, 11) is -3.81. The van der Waals surface area contributed by atoms with Gasteiger partial charge in [0.25, 0.3) is 0 Å². The number of rotatable bonds is 5. The average molecular weight is 437 g/mol. The van der Waals surface area contributed by atoms with Crippen LogP contribution in [-0.4, -0.2) is 46.9 Å². The van der Waals surface area contributed by atoms with Gasteiger partial charge in [0.15, 0.2) is 16.6 Å². The van der Waals surface area contributed by atoms with E-state index in [1.807, 2.05) is 12.4 Å². The second kappa shape index (κ2) is 8.44. The Kier molecular flexibility index (Phi) is 7.15. The highest BCUT2D eigenvalue weighted by atomic mass is 28.4. The maximum atomic E-state index is 7.02. The highest BCUT2D eigenvalue weighted by molar-refractivity contribution is 6.74. The van der Waals surface area contributed by atoms with Gasteiger partial charge in [-0.3, -0.25) is 4.98 Å². The number of nitrogens with zero attached hydrogens (tertiary/aromatic N) is 2. The van der Waals surface area contributed by atoms with Gasteiger partial charge in [-0.15, -0.1) is 0 Å². The van der Waals surface area contributed by atoms with Crippen molar-refractivity contribution in [3.05, 3.63) is 24.5 Å². The van der Waals surface area contributed by atoms with Crippen molar-refractivity contribution in [1.29, 1.82) is 0 Å². The van der Waals surface area contributed by atoms with Crippen LogP contribution in [0.15, 0.2) is 24.5 Å². The fraction of sp³-hybridized carbons (Fsp3) is 0.783. The topological polar surface area (TPSA) is 34.6 Å². The zero-order valence-corrected chi connectivity index (χ0v) is 22.7. The minimum atomic E-state index is -1.92. The van der Waals surface area contributed by atoms with Crippen LogP contribution in [0, 0.1) is 5.92 Å². The highest BCUT2D eigenvalue weighted by Gasteiger charge is 2.48. The van der Waals surface area contributed by atoms with E-state index in [9.17, 15) is 0 Å². The molecule has 0 aromatic carbocycles. The van der Waals surface area contributed by atoms with E-state index < -0.39 is 16.6 Å². The molecule has 0 bridgehead atoms. The van der Waals surface area contributed by atoms with E-state index in [1.54, 1.807) is 0 Å². The van der Waals surface area contributed by atoms with E-state index >= 15 is 0 Å². The third kappa shape index (κ3) is 5.72. The number of anilines is 1. The smallest absolute Gasteiger partial charge is 0.192 e. The Hall–Kier alpha value is -0.696. The van der Waals surface area contributed by atoms with Gasteiger partial charge in [0.1, 0.15) is 0 Å². The van der Waals surface area contributed by atoms with E-state index in [-0.39, 0.29) is 22.3 Å². The first-order valence-electron chi connectivity index (χ1n) is 11.1. The standard InChI is InChI=1S/C23H44N2O2Si2/c1-18-16-25(19-12-14-24-15-13-19)17-20(26-28(8,9)22(2,3)4)21(18)27-29(10,11)23(5,6)7/h12-15,18,20-21H,16-17H2,1-11H3/t18-,20+,21+/m0/s1. The maximum Gasteiger partial charge on any atom is 0.192 e. The van der Waals surface area contributed by atoms with Crippen LogP contribution in [0.5, 0.6) is 0 Å². The molecule has 0 radical (unpaired) electrons. The summed E-state index contributed by atoms with van der Waals surface area (Å²) in [6.45, 7) is 27.5. The lowest BCUT2D eigenvalue weighted by Gasteiger charge is -2.51. The first kappa shape index (κ1) is 24.6. The predicted molar refractivity (Wildman–Crippen MR) is 130 cm³/mol. The van der Waals surface area contributed by atoms with Crippen LogP contribution in [-0.2, 0) is 8.85 Å². The molecule has 29 heavy (non-hydrogen) atoms. The van der Waals surface area contributed by atoms with Gasteiger partial charge >= 0.3 is 0 Å². The molecule has 1 saturated heterocycles. The molecule has 1 fully saturated rings. The molecule has 0 N–H and O–H groups in total. The predicted octanol–water partition coefficient (Wildman–Crippen LogP) is 6.32. The number of piperidine rings is 1. The van der Waals surface area contributed by atoms with Crippen molar-refractivity contribution in [1.82, 2.24) is 4.98 Å². The summed E-state index contributed by atoms with van der Waals surface area (Å²) in [5.41, 5.74) is 1.22. The maximum absolute atomic E-state index is 7.02. The molecule has 1 aromatic heterocycles.